The summed E-state index contributed by atoms with van der Waals surface area (Å²) in [6, 6.07) is 8.94. The number of amides is 1. The van der Waals surface area contributed by atoms with Gasteiger partial charge in [0.1, 0.15) is 21.7 Å². The molecule has 0 radical (unpaired) electrons. The van der Waals surface area contributed by atoms with E-state index in [0.29, 0.717) is 45.8 Å². The number of methoxy groups -OCH3 is 2. The molecule has 2 aliphatic rings. The van der Waals surface area contributed by atoms with Crippen molar-refractivity contribution in [2.45, 2.75) is 6.42 Å². The Morgan fingerprint density at radius 3 is 2.60 bits per heavy atom. The summed E-state index contributed by atoms with van der Waals surface area (Å²) in [4.78, 5) is 22.6. The monoisotopic (exact) mass is 521 g/mol. The quantitative estimate of drug-likeness (QED) is 0.442. The number of anilines is 1. The molecule has 188 valence electrons. The van der Waals surface area contributed by atoms with Gasteiger partial charge in [-0.3, -0.25) is 14.6 Å². The first-order chi connectivity index (χ1) is 16.7. The molecule has 5 rings (SSSR count). The lowest BCUT2D eigenvalue weighted by molar-refractivity contribution is 0.0376. The number of aromatic nitrogens is 1. The molecule has 0 aliphatic carbocycles. The molecule has 9 nitrogen and oxygen atoms in total. The molecule has 1 fully saturated rings. The van der Waals surface area contributed by atoms with Crippen LogP contribution in [0.4, 0.5) is 5.13 Å². The van der Waals surface area contributed by atoms with Gasteiger partial charge < -0.3 is 23.7 Å². The Kier molecular flexibility index (Phi) is 8.17. The maximum absolute atomic E-state index is 13.7. The Hall–Kier alpha value is -2.79. The van der Waals surface area contributed by atoms with Crippen LogP contribution in [0.25, 0.3) is 10.2 Å². The van der Waals surface area contributed by atoms with Gasteiger partial charge in [-0.05, 0) is 36.8 Å². The van der Waals surface area contributed by atoms with E-state index in [9.17, 15) is 4.79 Å². The average molecular weight is 522 g/mol. The topological polar surface area (TPSA) is 82.6 Å². The zero-order valence-electron chi connectivity index (χ0n) is 19.7. The molecule has 0 bridgehead atoms. The Morgan fingerprint density at radius 2 is 1.83 bits per heavy atom. The molecule has 35 heavy (non-hydrogen) atoms. The van der Waals surface area contributed by atoms with Crippen molar-refractivity contribution in [1.82, 2.24) is 9.88 Å². The predicted molar refractivity (Wildman–Crippen MR) is 136 cm³/mol. The van der Waals surface area contributed by atoms with Crippen molar-refractivity contribution in [3.05, 3.63) is 35.9 Å². The van der Waals surface area contributed by atoms with Gasteiger partial charge in [-0.2, -0.15) is 0 Å². The number of hydrogen-bond acceptors (Lipinski definition) is 9. The number of nitrogens with zero attached hydrogens (tertiary/aromatic N) is 3. The molecule has 2 aliphatic heterocycles. The fraction of sp³-hybridized carbons (Fsp3) is 0.417. The van der Waals surface area contributed by atoms with Crippen LogP contribution in [0, 0.1) is 0 Å². The van der Waals surface area contributed by atoms with Gasteiger partial charge in [0.2, 0.25) is 6.79 Å². The summed E-state index contributed by atoms with van der Waals surface area (Å²) in [5.41, 5.74) is 1.20. The summed E-state index contributed by atoms with van der Waals surface area (Å²) in [6.45, 7) is 4.88. The van der Waals surface area contributed by atoms with Crippen LogP contribution < -0.4 is 23.8 Å². The molecule has 1 amide bonds. The van der Waals surface area contributed by atoms with E-state index < -0.39 is 0 Å². The second kappa shape index (κ2) is 11.3. The number of halogens is 1. The molecule has 0 saturated carbocycles. The number of carbonyl (C=O) groups is 1. The van der Waals surface area contributed by atoms with Gasteiger partial charge in [-0.1, -0.05) is 11.3 Å². The highest BCUT2D eigenvalue weighted by molar-refractivity contribution is 7.22. The minimum absolute atomic E-state index is 0. The molecular weight excluding hydrogens is 494 g/mol. The molecule has 0 spiro atoms. The molecule has 2 aromatic carbocycles. The molecule has 0 atom stereocenters. The van der Waals surface area contributed by atoms with Crippen LogP contribution in [0.2, 0.25) is 0 Å². The minimum Gasteiger partial charge on any atom is -0.495 e. The van der Waals surface area contributed by atoms with Gasteiger partial charge in [-0.15, -0.1) is 12.4 Å². The first-order valence-corrected chi connectivity index (χ1v) is 12.0. The van der Waals surface area contributed by atoms with Gasteiger partial charge in [0.15, 0.2) is 16.6 Å². The number of ether oxygens (including phenoxy) is 5. The van der Waals surface area contributed by atoms with E-state index >= 15 is 0 Å². The Bertz CT molecular complexity index is 1140. The normalized spacial score (nSPS) is 15.0. The van der Waals surface area contributed by atoms with Gasteiger partial charge in [0.25, 0.3) is 5.91 Å². The molecule has 1 saturated heterocycles. The first kappa shape index (κ1) is 25.3. The van der Waals surface area contributed by atoms with Crippen LogP contribution in [-0.4, -0.2) is 76.2 Å². The minimum atomic E-state index is -0.141. The van der Waals surface area contributed by atoms with E-state index in [1.807, 2.05) is 12.1 Å². The fourth-order valence-corrected chi connectivity index (χ4v) is 5.24. The lowest BCUT2D eigenvalue weighted by Gasteiger charge is -2.27. The highest BCUT2D eigenvalue weighted by atomic mass is 35.5. The van der Waals surface area contributed by atoms with Gasteiger partial charge in [0, 0.05) is 31.7 Å². The second-order valence-electron chi connectivity index (χ2n) is 7.98. The van der Waals surface area contributed by atoms with Crippen LogP contribution in [0.5, 0.6) is 23.0 Å². The number of morpholine rings is 1. The van der Waals surface area contributed by atoms with E-state index in [1.165, 1.54) is 11.3 Å². The van der Waals surface area contributed by atoms with E-state index in [4.69, 9.17) is 28.7 Å². The summed E-state index contributed by atoms with van der Waals surface area (Å²) in [5.74, 6) is 2.42. The maximum Gasteiger partial charge on any atom is 0.260 e. The van der Waals surface area contributed by atoms with Gasteiger partial charge in [0.05, 0.1) is 27.4 Å². The van der Waals surface area contributed by atoms with Crippen molar-refractivity contribution in [2.75, 3.05) is 65.3 Å². The number of carbonyl (C=O) groups excluding carboxylic acids is 1. The maximum atomic E-state index is 13.7. The molecule has 3 heterocycles. The van der Waals surface area contributed by atoms with Gasteiger partial charge in [-0.25, -0.2) is 4.98 Å². The Labute approximate surface area is 213 Å². The largest absolute Gasteiger partial charge is 0.495 e. The molecule has 11 heteroatoms. The lowest BCUT2D eigenvalue weighted by atomic mass is 10.1. The van der Waals surface area contributed by atoms with E-state index in [2.05, 4.69) is 4.90 Å². The summed E-state index contributed by atoms with van der Waals surface area (Å²) in [5, 5.41) is 0.599. The number of benzene rings is 2. The van der Waals surface area contributed by atoms with Crippen LogP contribution in [0.15, 0.2) is 30.3 Å². The van der Waals surface area contributed by atoms with Crippen LogP contribution in [-0.2, 0) is 4.74 Å². The molecule has 1 aromatic heterocycles. The fourth-order valence-electron chi connectivity index (χ4n) is 4.14. The summed E-state index contributed by atoms with van der Waals surface area (Å²) < 4.78 is 28.2. The van der Waals surface area contributed by atoms with Crippen LogP contribution in [0.1, 0.15) is 16.8 Å². The van der Waals surface area contributed by atoms with Crippen LogP contribution >= 0.6 is 23.7 Å². The molecule has 0 unspecified atom stereocenters. The second-order valence-corrected chi connectivity index (χ2v) is 8.95. The first-order valence-electron chi connectivity index (χ1n) is 11.2. The predicted octanol–water partition coefficient (Wildman–Crippen LogP) is 3.83. The Balaban J connectivity index is 0.00000289. The van der Waals surface area contributed by atoms with Crippen molar-refractivity contribution in [3.63, 3.8) is 0 Å². The smallest absolute Gasteiger partial charge is 0.260 e. The van der Waals surface area contributed by atoms with Crippen molar-refractivity contribution >= 4 is 45.0 Å². The van der Waals surface area contributed by atoms with Crippen molar-refractivity contribution < 1.29 is 28.5 Å². The SMILES string of the molecule is COc1ccc(OC)c2sc(N(CCCN3CCOCC3)C(=O)c3ccc4c(c3)OCO4)nc12.Cl. The lowest BCUT2D eigenvalue weighted by Crippen LogP contribution is -2.39. The highest BCUT2D eigenvalue weighted by Gasteiger charge is 2.26. The summed E-state index contributed by atoms with van der Waals surface area (Å²) in [6.07, 6.45) is 0.806. The van der Waals surface area contributed by atoms with Crippen molar-refractivity contribution in [1.29, 1.82) is 0 Å². The standard InChI is InChI=1S/C24H27N3O6S.ClH/c1-29-18-6-7-19(30-2)22-21(18)25-24(34-22)27(9-3-8-26-10-12-31-13-11-26)23(28)16-4-5-17-20(14-16)33-15-32-17;/h4-7,14H,3,8-13,15H2,1-2H3;1H. The third-order valence-corrected chi connectivity index (χ3v) is 7.05. The highest BCUT2D eigenvalue weighted by Crippen LogP contribution is 2.41. The van der Waals surface area contributed by atoms with E-state index in [-0.39, 0.29) is 25.1 Å². The van der Waals surface area contributed by atoms with Crippen LogP contribution in [0.3, 0.4) is 0 Å². The number of hydrogen-bond donors (Lipinski definition) is 0. The van der Waals surface area contributed by atoms with Crippen molar-refractivity contribution in [3.8, 4) is 23.0 Å². The summed E-state index contributed by atoms with van der Waals surface area (Å²) >= 11 is 1.42. The third kappa shape index (κ3) is 5.25. The van der Waals surface area contributed by atoms with Gasteiger partial charge >= 0.3 is 0 Å². The number of fused-ring (bicyclic) bond motifs is 2. The zero-order chi connectivity index (χ0) is 23.5. The molecule has 0 N–H and O–H groups in total. The van der Waals surface area contributed by atoms with Crippen molar-refractivity contribution in [2.24, 2.45) is 0 Å². The van der Waals surface area contributed by atoms with E-state index in [1.54, 1.807) is 37.3 Å². The van der Waals surface area contributed by atoms with E-state index in [0.717, 1.165) is 44.0 Å². The molecular formula is C24H28ClN3O6S. The third-order valence-electron chi connectivity index (χ3n) is 5.95. The number of rotatable bonds is 8. The zero-order valence-corrected chi connectivity index (χ0v) is 21.3. The molecule has 3 aromatic rings. The number of thiazole rings is 1. The average Bonchev–Trinajstić information content (AvgIpc) is 3.53. The summed E-state index contributed by atoms with van der Waals surface area (Å²) in [7, 11) is 3.23. The Morgan fingerprint density at radius 1 is 1.09 bits per heavy atom.